The topological polar surface area (TPSA) is 198 Å². The Morgan fingerprint density at radius 1 is 0.327 bits per heavy atom. The van der Waals surface area contributed by atoms with Gasteiger partial charge in [0.2, 0.25) is 0 Å². The zero-order valence-electron chi connectivity index (χ0n) is 61.3. The highest BCUT2D eigenvalue weighted by molar-refractivity contribution is 8.39. The molecule has 2 fully saturated rings. The maximum atomic E-state index is 12.4. The molecule has 2 saturated heterocycles. The molecule has 110 heavy (non-hydrogen) atoms. The zero-order chi connectivity index (χ0) is 76.0. The first kappa shape index (κ1) is 85.6. The van der Waals surface area contributed by atoms with Gasteiger partial charge in [0.1, 0.15) is 24.7 Å². The third-order valence-electron chi connectivity index (χ3n) is 16.8. The van der Waals surface area contributed by atoms with Gasteiger partial charge < -0.3 is 56.8 Å². The minimum atomic E-state index is -3.84. The second-order valence-electron chi connectivity index (χ2n) is 24.9. The van der Waals surface area contributed by atoms with Gasteiger partial charge in [-0.15, -0.1) is 23.5 Å². The number of thioether (sulfide) groups is 10. The van der Waals surface area contributed by atoms with Crippen molar-refractivity contribution in [3.05, 3.63) is 212 Å². The minimum Gasteiger partial charge on any atom is -0.491 e. The van der Waals surface area contributed by atoms with Crippen molar-refractivity contribution in [3.8, 4) is 22.6 Å². The summed E-state index contributed by atoms with van der Waals surface area (Å²) >= 11 is 18.9. The van der Waals surface area contributed by atoms with Gasteiger partial charge in [-0.2, -0.15) is 16.8 Å². The summed E-state index contributed by atoms with van der Waals surface area (Å²) in [6, 6.07) is 35.1. The molecule has 6 aliphatic rings. The van der Waals surface area contributed by atoms with Gasteiger partial charge in [-0.05, 0) is 119 Å². The Kier molecular flexibility index (Phi) is 35.6. The molecule has 4 heterocycles. The molecule has 4 aliphatic heterocycles. The molecule has 6 aromatic rings. The van der Waals surface area contributed by atoms with E-state index in [1.54, 1.807) is 24.3 Å². The molecule has 18 nitrogen and oxygen atoms in total. The number of ether oxygens (including phenoxy) is 12. The van der Waals surface area contributed by atoms with E-state index in [1.165, 1.54) is 80.4 Å². The van der Waals surface area contributed by atoms with E-state index >= 15 is 0 Å². The van der Waals surface area contributed by atoms with Crippen LogP contribution in [0.5, 0.6) is 11.5 Å². The Labute approximate surface area is 688 Å². The van der Waals surface area contributed by atoms with E-state index in [0.29, 0.717) is 144 Å². The van der Waals surface area contributed by atoms with Crippen molar-refractivity contribution in [2.75, 3.05) is 159 Å². The van der Waals surface area contributed by atoms with Gasteiger partial charge in [0.05, 0.1) is 181 Å². The fourth-order valence-electron chi connectivity index (χ4n) is 11.3. The Balaban J connectivity index is 0.634. The van der Waals surface area contributed by atoms with E-state index in [2.05, 4.69) is 95.8 Å². The molecule has 12 rings (SSSR count). The summed E-state index contributed by atoms with van der Waals surface area (Å²) in [5.41, 5.74) is 6.25. The standard InChI is InChI=1S/C80H90O18S12/c1-57-11-19-63(20-12-57)109(81,82)97-49-45-93-41-37-89-33-29-85-27-31-87-35-39-91-43-47-95-67-25-17-61-51-59(53-99-73-55-101-77(107-73)79-103-69-7-3-4-8-70(69)104-79)15-23-65(61)75(67)76-66-24-16-60(54-100-74-56-102-78(108-74)80-105-71-9-5-6-10-72(71)106-80)52-62(66)18-26-68(76)96-48-44-92-40-36-88-32-28-86-30-34-90-38-42-94-46-50-98-110(83,84)64-21-13-58(2)14-22-64/h7-26,51-52,55-56H,3-6,27-50,53-54H2,1-2H3. The van der Waals surface area contributed by atoms with Gasteiger partial charge in [0.15, 0.2) is 0 Å². The van der Waals surface area contributed by atoms with Crippen LogP contribution in [0.2, 0.25) is 0 Å². The summed E-state index contributed by atoms with van der Waals surface area (Å²) in [5, 5.41) is 8.88. The van der Waals surface area contributed by atoms with E-state index in [-0.39, 0.29) is 36.2 Å². The van der Waals surface area contributed by atoms with Crippen LogP contribution < -0.4 is 9.47 Å². The number of allylic oxidation sites excluding steroid dienone is 4. The van der Waals surface area contributed by atoms with Crippen molar-refractivity contribution in [2.24, 2.45) is 0 Å². The maximum absolute atomic E-state index is 12.4. The number of rotatable bonds is 49. The van der Waals surface area contributed by atoms with Gasteiger partial charge >= 0.3 is 0 Å². The van der Waals surface area contributed by atoms with Crippen LogP contribution in [0.25, 0.3) is 32.7 Å². The Hall–Kier alpha value is -3.72. The molecular weight excluding hydrogens is 1630 g/mol. The Morgan fingerprint density at radius 2 is 0.627 bits per heavy atom. The second kappa shape index (κ2) is 45.7. The molecule has 0 saturated carbocycles. The van der Waals surface area contributed by atoms with Crippen molar-refractivity contribution in [2.45, 2.75) is 60.8 Å². The fraction of sp³-hybridized carbons (Fsp3) is 0.400. The molecule has 590 valence electrons. The van der Waals surface area contributed by atoms with Crippen LogP contribution in [0.3, 0.4) is 0 Å². The highest BCUT2D eigenvalue weighted by Crippen LogP contribution is 2.63. The lowest BCUT2D eigenvalue weighted by atomic mass is 9.91. The third-order valence-corrected chi connectivity index (χ3v) is 33.3. The van der Waals surface area contributed by atoms with Crippen LogP contribution in [0.1, 0.15) is 47.9 Å². The van der Waals surface area contributed by atoms with E-state index in [1.807, 2.05) is 131 Å². The number of benzene rings is 6. The summed E-state index contributed by atoms with van der Waals surface area (Å²) in [7, 11) is -7.67. The van der Waals surface area contributed by atoms with Crippen LogP contribution >= 0.6 is 118 Å². The van der Waals surface area contributed by atoms with E-state index in [0.717, 1.165) is 81.0 Å². The van der Waals surface area contributed by atoms with Crippen molar-refractivity contribution < 1.29 is 82.0 Å². The molecule has 0 spiro atoms. The molecule has 0 radical (unpaired) electrons. The van der Waals surface area contributed by atoms with Gasteiger partial charge in [-0.3, -0.25) is 8.37 Å². The molecule has 0 atom stereocenters. The normalized spacial score (nSPS) is 15.9. The lowest BCUT2D eigenvalue weighted by molar-refractivity contribution is -0.0140. The van der Waals surface area contributed by atoms with Crippen molar-refractivity contribution in [3.63, 3.8) is 0 Å². The van der Waals surface area contributed by atoms with Crippen LogP contribution in [-0.2, 0) is 87.5 Å². The molecule has 0 N–H and O–H groups in total. The average molecular weight is 1720 g/mol. The first-order chi connectivity index (χ1) is 53.9. The highest BCUT2D eigenvalue weighted by atomic mass is 32.3. The quantitative estimate of drug-likeness (QED) is 0.0258. The Bertz CT molecular complexity index is 4230. The van der Waals surface area contributed by atoms with E-state index in [4.69, 9.17) is 65.2 Å². The summed E-state index contributed by atoms with van der Waals surface area (Å²) < 4.78 is 139. The largest absolute Gasteiger partial charge is 0.491 e. The molecule has 6 aromatic carbocycles. The van der Waals surface area contributed by atoms with Crippen LogP contribution in [0.15, 0.2) is 199 Å². The maximum Gasteiger partial charge on any atom is 0.297 e. The number of hydrogen-bond acceptors (Lipinski definition) is 28. The lowest BCUT2D eigenvalue weighted by Gasteiger charge is -2.20. The lowest BCUT2D eigenvalue weighted by Crippen LogP contribution is -2.15. The van der Waals surface area contributed by atoms with Gasteiger partial charge in [-0.25, -0.2) is 0 Å². The van der Waals surface area contributed by atoms with Gasteiger partial charge in [0.25, 0.3) is 20.2 Å². The third kappa shape index (κ3) is 26.7. The summed E-state index contributed by atoms with van der Waals surface area (Å²) in [6.07, 6.45) is 14.0. The van der Waals surface area contributed by atoms with Gasteiger partial charge in [0, 0.05) is 42.3 Å². The summed E-state index contributed by atoms with van der Waals surface area (Å²) in [5.74, 6) is 3.06. The average Bonchev–Trinajstić information content (AvgIpc) is 0.755. The van der Waals surface area contributed by atoms with Crippen molar-refractivity contribution in [1.29, 1.82) is 0 Å². The smallest absolute Gasteiger partial charge is 0.297 e. The van der Waals surface area contributed by atoms with Gasteiger partial charge in [-0.1, -0.05) is 202 Å². The Morgan fingerprint density at radius 3 is 0.945 bits per heavy atom. The van der Waals surface area contributed by atoms with Crippen LogP contribution in [0, 0.1) is 13.8 Å². The second-order valence-corrected chi connectivity index (χ2v) is 39.8. The van der Waals surface area contributed by atoms with Crippen LogP contribution in [0.4, 0.5) is 0 Å². The first-order valence-electron chi connectivity index (χ1n) is 36.3. The molecule has 0 unspecified atom stereocenters. The van der Waals surface area contributed by atoms with Crippen LogP contribution in [-0.4, -0.2) is 175 Å². The minimum absolute atomic E-state index is 0.0879. The molecule has 0 bridgehead atoms. The van der Waals surface area contributed by atoms with Crippen molar-refractivity contribution >= 4 is 159 Å². The highest BCUT2D eigenvalue weighted by Gasteiger charge is 2.30. The summed E-state index contributed by atoms with van der Waals surface area (Å²) in [4.78, 5) is 5.86. The zero-order valence-corrected chi connectivity index (χ0v) is 71.1. The molecular formula is C80H90O18S12. The first-order valence-corrected chi connectivity index (χ1v) is 47.8. The van der Waals surface area contributed by atoms with E-state index in [9.17, 15) is 16.8 Å². The molecule has 2 aliphatic carbocycles. The summed E-state index contributed by atoms with van der Waals surface area (Å²) in [6.45, 7) is 11.0. The predicted octanol–water partition coefficient (Wildman–Crippen LogP) is 19.4. The monoisotopic (exact) mass is 1720 g/mol. The fourth-order valence-corrected chi connectivity index (χ4v) is 26.2. The predicted molar refractivity (Wildman–Crippen MR) is 459 cm³/mol. The SMILES string of the molecule is Cc1ccc(S(=O)(=O)OCCOCCOCCOCCOCCOCCOc2ccc3cc(CSC4=CSC(=C5SC6=CCCC=C6S5)S4)ccc3c2-c2c(OCCOCCOCCOCCOCCOCCOS(=O)(=O)c3ccc(C)cc3)ccc3cc(CSC4=CSC(=C5SC6=CCCC=C6S5)S4)ccc23)cc1. The molecule has 0 aromatic heterocycles. The molecule has 0 amide bonds. The molecule has 30 heteroatoms. The van der Waals surface area contributed by atoms with E-state index < -0.39 is 20.2 Å². The van der Waals surface area contributed by atoms with Crippen molar-refractivity contribution in [1.82, 2.24) is 0 Å². The number of hydrogen-bond donors (Lipinski definition) is 0. The number of fused-ring (bicyclic) bond motifs is 4. The number of aryl methyl sites for hydroxylation is 2.